The molecule has 4 nitrogen and oxygen atoms in total. The summed E-state index contributed by atoms with van der Waals surface area (Å²) in [5.41, 5.74) is 3.12. The van der Waals surface area contributed by atoms with Crippen LogP contribution in [-0.4, -0.2) is 11.0 Å². The molecule has 0 bridgehead atoms. The summed E-state index contributed by atoms with van der Waals surface area (Å²) in [6.07, 6.45) is 1.67. The minimum atomic E-state index is -0.118. The molecule has 0 saturated heterocycles. The second-order valence-electron chi connectivity index (χ2n) is 4.25. The van der Waals surface area contributed by atoms with Crippen LogP contribution in [0.3, 0.4) is 0 Å². The summed E-state index contributed by atoms with van der Waals surface area (Å²) in [7, 11) is 0. The smallest absolute Gasteiger partial charge is 0.257 e. The van der Waals surface area contributed by atoms with Gasteiger partial charge in [-0.2, -0.15) is 0 Å². The zero-order valence-corrected chi connectivity index (χ0v) is 10.1. The Hall–Kier alpha value is -2.75. The number of anilines is 2. The summed E-state index contributed by atoms with van der Waals surface area (Å²) in [6, 6.07) is 14.2. The van der Waals surface area contributed by atoms with E-state index in [9.17, 15) is 9.90 Å². The topological polar surface area (TPSA) is 61.4 Å². The maximum Gasteiger partial charge on any atom is 0.257 e. The van der Waals surface area contributed by atoms with Crippen molar-refractivity contribution in [3.63, 3.8) is 0 Å². The van der Waals surface area contributed by atoms with Gasteiger partial charge in [-0.25, -0.2) is 0 Å². The maximum absolute atomic E-state index is 11.8. The zero-order valence-electron chi connectivity index (χ0n) is 10.1. The predicted molar refractivity (Wildman–Crippen MR) is 74.8 cm³/mol. The Kier molecular flexibility index (Phi) is 2.68. The largest absolute Gasteiger partial charge is 0.508 e. The summed E-state index contributed by atoms with van der Waals surface area (Å²) >= 11 is 0. The molecule has 2 aromatic rings. The molecule has 0 atom stereocenters. The second kappa shape index (κ2) is 4.49. The average Bonchev–Trinajstić information content (AvgIpc) is 2.74. The van der Waals surface area contributed by atoms with E-state index in [1.807, 2.05) is 24.3 Å². The summed E-state index contributed by atoms with van der Waals surface area (Å²) < 4.78 is 0. The molecule has 1 aliphatic heterocycles. The van der Waals surface area contributed by atoms with Crippen LogP contribution < -0.4 is 10.6 Å². The van der Waals surface area contributed by atoms with Crippen LogP contribution in [0.4, 0.5) is 11.4 Å². The highest BCUT2D eigenvalue weighted by molar-refractivity contribution is 6.31. The number of phenols is 1. The van der Waals surface area contributed by atoms with Gasteiger partial charge in [-0.1, -0.05) is 18.2 Å². The molecular formula is C15H12N2O2. The molecule has 0 aromatic heterocycles. The third kappa shape index (κ3) is 2.15. The second-order valence-corrected chi connectivity index (χ2v) is 4.25. The first-order chi connectivity index (χ1) is 9.24. The van der Waals surface area contributed by atoms with Gasteiger partial charge in [-0.3, -0.25) is 4.79 Å². The number of rotatable bonds is 2. The fourth-order valence-electron chi connectivity index (χ4n) is 2.00. The monoisotopic (exact) mass is 252 g/mol. The first-order valence-corrected chi connectivity index (χ1v) is 5.90. The van der Waals surface area contributed by atoms with E-state index in [1.165, 1.54) is 0 Å². The van der Waals surface area contributed by atoms with Gasteiger partial charge < -0.3 is 15.7 Å². The molecule has 1 amide bonds. The van der Waals surface area contributed by atoms with E-state index < -0.39 is 0 Å². The number of carbonyl (C=O) groups is 1. The lowest BCUT2D eigenvalue weighted by Crippen LogP contribution is -2.05. The predicted octanol–water partition coefficient (Wildman–Crippen LogP) is 2.80. The van der Waals surface area contributed by atoms with Gasteiger partial charge >= 0.3 is 0 Å². The van der Waals surface area contributed by atoms with Crippen molar-refractivity contribution in [1.82, 2.24) is 0 Å². The van der Waals surface area contributed by atoms with Gasteiger partial charge in [-0.15, -0.1) is 0 Å². The Labute approximate surface area is 110 Å². The Morgan fingerprint density at radius 2 is 1.79 bits per heavy atom. The molecular weight excluding hydrogens is 240 g/mol. The minimum Gasteiger partial charge on any atom is -0.508 e. The van der Waals surface area contributed by atoms with Crippen molar-refractivity contribution in [2.24, 2.45) is 0 Å². The van der Waals surface area contributed by atoms with E-state index in [2.05, 4.69) is 10.6 Å². The molecule has 19 heavy (non-hydrogen) atoms. The van der Waals surface area contributed by atoms with Crippen LogP contribution in [0.2, 0.25) is 0 Å². The number of phenolic OH excluding ortho intramolecular Hbond substituents is 1. The number of benzene rings is 2. The van der Waals surface area contributed by atoms with Crippen LogP contribution >= 0.6 is 0 Å². The van der Waals surface area contributed by atoms with E-state index in [1.54, 1.807) is 30.5 Å². The lowest BCUT2D eigenvalue weighted by molar-refractivity contribution is -0.110. The van der Waals surface area contributed by atoms with E-state index in [4.69, 9.17) is 0 Å². The SMILES string of the molecule is O=C1Nc2ccccc2C1=CNc1ccc(O)cc1. The molecule has 0 spiro atoms. The number of hydrogen-bond acceptors (Lipinski definition) is 3. The summed E-state index contributed by atoms with van der Waals surface area (Å²) in [5, 5.41) is 15.1. The lowest BCUT2D eigenvalue weighted by atomic mass is 10.1. The van der Waals surface area contributed by atoms with E-state index in [0.29, 0.717) is 5.57 Å². The van der Waals surface area contributed by atoms with Crippen molar-refractivity contribution in [2.75, 3.05) is 10.6 Å². The van der Waals surface area contributed by atoms with Gasteiger partial charge in [0.05, 0.1) is 5.57 Å². The number of carbonyl (C=O) groups excluding carboxylic acids is 1. The van der Waals surface area contributed by atoms with Crippen molar-refractivity contribution in [3.05, 3.63) is 60.3 Å². The van der Waals surface area contributed by atoms with Gasteiger partial charge in [0, 0.05) is 23.1 Å². The molecule has 3 rings (SSSR count). The van der Waals surface area contributed by atoms with E-state index >= 15 is 0 Å². The Morgan fingerprint density at radius 1 is 1.05 bits per heavy atom. The number of fused-ring (bicyclic) bond motifs is 1. The van der Waals surface area contributed by atoms with Crippen molar-refractivity contribution < 1.29 is 9.90 Å². The average molecular weight is 252 g/mol. The highest BCUT2D eigenvalue weighted by Crippen LogP contribution is 2.31. The number of para-hydroxylation sites is 1. The number of aromatic hydroxyl groups is 1. The Balaban J connectivity index is 1.88. The molecule has 1 aliphatic rings. The van der Waals surface area contributed by atoms with Gasteiger partial charge in [0.1, 0.15) is 5.75 Å². The number of hydrogen-bond donors (Lipinski definition) is 3. The molecule has 0 unspecified atom stereocenters. The summed E-state index contributed by atoms with van der Waals surface area (Å²) in [6.45, 7) is 0. The third-order valence-electron chi connectivity index (χ3n) is 2.96. The lowest BCUT2D eigenvalue weighted by Gasteiger charge is -2.02. The highest BCUT2D eigenvalue weighted by Gasteiger charge is 2.23. The quantitative estimate of drug-likeness (QED) is 0.569. The standard InChI is InChI=1S/C15H12N2O2/c18-11-7-5-10(6-8-11)16-9-13-12-3-1-2-4-14(12)17-15(13)19/h1-9,16,18H,(H,17,19). The van der Waals surface area contributed by atoms with Gasteiger partial charge in [0.25, 0.3) is 5.91 Å². The van der Waals surface area contributed by atoms with Crippen LogP contribution in [-0.2, 0) is 4.79 Å². The molecule has 0 aliphatic carbocycles. The van der Waals surface area contributed by atoms with Crippen LogP contribution in [0.15, 0.2) is 54.7 Å². The maximum atomic E-state index is 11.8. The number of nitrogens with one attached hydrogen (secondary N) is 2. The molecule has 0 radical (unpaired) electrons. The highest BCUT2D eigenvalue weighted by atomic mass is 16.3. The third-order valence-corrected chi connectivity index (χ3v) is 2.96. The fraction of sp³-hybridized carbons (Fsp3) is 0. The normalized spacial score (nSPS) is 15.2. The molecule has 4 heteroatoms. The van der Waals surface area contributed by atoms with Crippen molar-refractivity contribution in [1.29, 1.82) is 0 Å². The van der Waals surface area contributed by atoms with Crippen molar-refractivity contribution >= 4 is 22.9 Å². The molecule has 3 N–H and O–H groups in total. The van der Waals surface area contributed by atoms with E-state index in [-0.39, 0.29) is 11.7 Å². The first kappa shape index (κ1) is 11.3. The van der Waals surface area contributed by atoms with Crippen LogP contribution in [0.1, 0.15) is 5.56 Å². The summed E-state index contributed by atoms with van der Waals surface area (Å²) in [5.74, 6) is 0.0923. The molecule has 0 fully saturated rings. The molecule has 94 valence electrons. The van der Waals surface area contributed by atoms with Crippen LogP contribution in [0, 0.1) is 0 Å². The number of amides is 1. The van der Waals surface area contributed by atoms with Gasteiger partial charge in [0.2, 0.25) is 0 Å². The molecule has 1 heterocycles. The minimum absolute atomic E-state index is 0.118. The van der Waals surface area contributed by atoms with Gasteiger partial charge in [0.15, 0.2) is 0 Å². The van der Waals surface area contributed by atoms with Crippen molar-refractivity contribution in [2.45, 2.75) is 0 Å². The van der Waals surface area contributed by atoms with Crippen molar-refractivity contribution in [3.8, 4) is 5.75 Å². The van der Waals surface area contributed by atoms with Gasteiger partial charge in [-0.05, 0) is 30.3 Å². The first-order valence-electron chi connectivity index (χ1n) is 5.90. The summed E-state index contributed by atoms with van der Waals surface area (Å²) in [4.78, 5) is 11.8. The Bertz CT molecular complexity index is 660. The molecule has 0 saturated carbocycles. The van der Waals surface area contributed by atoms with E-state index in [0.717, 1.165) is 16.9 Å². The van der Waals surface area contributed by atoms with Crippen LogP contribution in [0.5, 0.6) is 5.75 Å². The Morgan fingerprint density at radius 3 is 2.58 bits per heavy atom. The van der Waals surface area contributed by atoms with Crippen LogP contribution in [0.25, 0.3) is 5.57 Å². The molecule has 2 aromatic carbocycles. The fourth-order valence-corrected chi connectivity index (χ4v) is 2.00. The zero-order chi connectivity index (χ0) is 13.2.